The number of likely N-dealkylation sites (tertiary alicyclic amines) is 1. The van der Waals surface area contributed by atoms with Gasteiger partial charge in [-0.25, -0.2) is 9.97 Å². The molecule has 1 atom stereocenters. The van der Waals surface area contributed by atoms with Crippen LogP contribution in [0, 0.1) is 0 Å². The summed E-state index contributed by atoms with van der Waals surface area (Å²) in [6.07, 6.45) is 11.3. The molecular weight excluding hydrogens is 308 g/mol. The fourth-order valence-corrected chi connectivity index (χ4v) is 4.42. The van der Waals surface area contributed by atoms with Gasteiger partial charge in [-0.15, -0.1) is 11.3 Å². The van der Waals surface area contributed by atoms with Gasteiger partial charge in [-0.2, -0.15) is 0 Å². The fourth-order valence-electron chi connectivity index (χ4n) is 3.38. The van der Waals surface area contributed by atoms with E-state index in [2.05, 4.69) is 21.5 Å². The number of imidazole rings is 1. The monoisotopic (exact) mass is 330 g/mol. The second kappa shape index (κ2) is 6.07. The lowest BCUT2D eigenvalue weighted by Gasteiger charge is -2.35. The molecule has 23 heavy (non-hydrogen) atoms. The van der Waals surface area contributed by atoms with Crippen LogP contribution in [0.25, 0.3) is 0 Å². The molecule has 1 aliphatic carbocycles. The number of aryl methyl sites for hydroxylation is 1. The zero-order valence-electron chi connectivity index (χ0n) is 13.4. The summed E-state index contributed by atoms with van der Waals surface area (Å²) in [5, 5.41) is 1.14. The van der Waals surface area contributed by atoms with Gasteiger partial charge in [-0.05, 0) is 39.0 Å². The number of hydrogen-bond acceptors (Lipinski definition) is 4. The van der Waals surface area contributed by atoms with E-state index in [1.54, 1.807) is 17.5 Å². The second-order valence-corrected chi connectivity index (χ2v) is 7.48. The predicted molar refractivity (Wildman–Crippen MR) is 89.6 cm³/mol. The average molecular weight is 330 g/mol. The van der Waals surface area contributed by atoms with E-state index in [0.717, 1.165) is 48.1 Å². The summed E-state index contributed by atoms with van der Waals surface area (Å²) in [5.74, 6) is 1.76. The van der Waals surface area contributed by atoms with Gasteiger partial charge in [0.05, 0.1) is 17.2 Å². The number of amides is 1. The standard InChI is InChI=1S/C17H22N4OS/c1-2-20-10-8-18-15(20)13-5-3-4-9-21(13)17(22)14-11-19-16(23-14)12-6-7-12/h8,10-13H,2-7,9H2,1H3. The number of piperidine rings is 1. The zero-order valence-corrected chi connectivity index (χ0v) is 14.3. The molecule has 0 bridgehead atoms. The van der Waals surface area contributed by atoms with Gasteiger partial charge in [-0.3, -0.25) is 4.79 Å². The Morgan fingerprint density at radius 1 is 1.30 bits per heavy atom. The largest absolute Gasteiger partial charge is 0.333 e. The van der Waals surface area contributed by atoms with Gasteiger partial charge in [0.25, 0.3) is 5.91 Å². The van der Waals surface area contributed by atoms with Gasteiger partial charge < -0.3 is 9.47 Å². The van der Waals surface area contributed by atoms with Crippen LogP contribution in [0.5, 0.6) is 0 Å². The van der Waals surface area contributed by atoms with Crippen LogP contribution in [0.15, 0.2) is 18.6 Å². The first-order chi connectivity index (χ1) is 11.3. The Kier molecular flexibility index (Phi) is 3.93. The van der Waals surface area contributed by atoms with Gasteiger partial charge in [0, 0.05) is 31.4 Å². The highest BCUT2D eigenvalue weighted by molar-refractivity contribution is 7.13. The smallest absolute Gasteiger partial charge is 0.266 e. The lowest BCUT2D eigenvalue weighted by Crippen LogP contribution is -2.39. The van der Waals surface area contributed by atoms with Crippen LogP contribution in [0.3, 0.4) is 0 Å². The van der Waals surface area contributed by atoms with Crippen molar-refractivity contribution in [3.8, 4) is 0 Å². The van der Waals surface area contributed by atoms with Crippen molar-refractivity contribution >= 4 is 17.2 Å². The first kappa shape index (κ1) is 14.9. The summed E-state index contributed by atoms with van der Waals surface area (Å²) in [5.41, 5.74) is 0. The van der Waals surface area contributed by atoms with E-state index in [1.165, 1.54) is 12.8 Å². The van der Waals surface area contributed by atoms with Crippen LogP contribution >= 0.6 is 11.3 Å². The van der Waals surface area contributed by atoms with E-state index in [-0.39, 0.29) is 11.9 Å². The van der Waals surface area contributed by atoms with Gasteiger partial charge in [0.1, 0.15) is 10.7 Å². The molecule has 2 aromatic heterocycles. The van der Waals surface area contributed by atoms with Gasteiger partial charge >= 0.3 is 0 Å². The Balaban J connectivity index is 1.60. The lowest BCUT2D eigenvalue weighted by atomic mass is 10.0. The van der Waals surface area contributed by atoms with Crippen LogP contribution in [0.2, 0.25) is 0 Å². The number of carbonyl (C=O) groups excluding carboxylic acids is 1. The molecule has 5 nitrogen and oxygen atoms in total. The maximum Gasteiger partial charge on any atom is 0.266 e. The minimum atomic E-state index is 0.0951. The minimum absolute atomic E-state index is 0.0951. The number of hydrogen-bond donors (Lipinski definition) is 0. The predicted octanol–water partition coefficient (Wildman–Crippen LogP) is 3.60. The Morgan fingerprint density at radius 2 is 2.17 bits per heavy atom. The molecule has 2 aliphatic rings. The van der Waals surface area contributed by atoms with E-state index in [4.69, 9.17) is 0 Å². The number of nitrogens with zero attached hydrogens (tertiary/aromatic N) is 4. The first-order valence-corrected chi connectivity index (χ1v) is 9.37. The summed E-state index contributed by atoms with van der Waals surface area (Å²) >= 11 is 1.58. The Bertz CT molecular complexity index is 703. The highest BCUT2D eigenvalue weighted by Crippen LogP contribution is 2.42. The third kappa shape index (κ3) is 2.80. The SMILES string of the molecule is CCn1ccnc1C1CCCCN1C(=O)c1cnc(C2CC2)s1. The molecule has 1 saturated heterocycles. The van der Waals surface area contributed by atoms with Crippen molar-refractivity contribution in [3.63, 3.8) is 0 Å². The average Bonchev–Trinajstić information content (AvgIpc) is 3.14. The molecule has 1 amide bonds. The molecule has 0 N–H and O–H groups in total. The summed E-state index contributed by atoms with van der Waals surface area (Å²) < 4.78 is 2.15. The molecule has 6 heteroatoms. The van der Waals surface area contributed by atoms with Crippen molar-refractivity contribution in [2.45, 2.75) is 57.5 Å². The summed E-state index contributed by atoms with van der Waals surface area (Å²) in [6, 6.07) is 0.0951. The van der Waals surface area contributed by atoms with Crippen LogP contribution in [-0.4, -0.2) is 31.9 Å². The van der Waals surface area contributed by atoms with Crippen LogP contribution in [0.1, 0.15) is 71.5 Å². The quantitative estimate of drug-likeness (QED) is 0.860. The third-order valence-corrected chi connectivity index (χ3v) is 5.96. The third-order valence-electron chi connectivity index (χ3n) is 4.81. The number of rotatable bonds is 4. The summed E-state index contributed by atoms with van der Waals surface area (Å²) in [7, 11) is 0. The first-order valence-electron chi connectivity index (χ1n) is 8.55. The molecule has 2 fully saturated rings. The molecule has 122 valence electrons. The molecule has 3 heterocycles. The molecule has 0 aromatic carbocycles. The van der Waals surface area contributed by atoms with E-state index in [0.29, 0.717) is 5.92 Å². The Labute approximate surface area is 140 Å². The van der Waals surface area contributed by atoms with E-state index >= 15 is 0 Å². The van der Waals surface area contributed by atoms with Crippen LogP contribution in [0.4, 0.5) is 0 Å². The maximum atomic E-state index is 13.0. The summed E-state index contributed by atoms with van der Waals surface area (Å²) in [6.45, 7) is 3.82. The van der Waals surface area contributed by atoms with E-state index in [1.807, 2.05) is 17.3 Å². The lowest BCUT2D eigenvalue weighted by molar-refractivity contribution is 0.0600. The number of carbonyl (C=O) groups is 1. The molecule has 0 spiro atoms. The molecule has 1 unspecified atom stereocenters. The zero-order chi connectivity index (χ0) is 15.8. The van der Waals surface area contributed by atoms with Crippen molar-refractivity contribution in [2.75, 3.05) is 6.54 Å². The normalized spacial score (nSPS) is 21.6. The second-order valence-electron chi connectivity index (χ2n) is 6.42. The molecule has 0 radical (unpaired) electrons. The van der Waals surface area contributed by atoms with Crippen LogP contribution in [-0.2, 0) is 6.54 Å². The fraction of sp³-hybridized carbons (Fsp3) is 0.588. The van der Waals surface area contributed by atoms with Crippen molar-refractivity contribution in [3.05, 3.63) is 34.3 Å². The highest BCUT2D eigenvalue weighted by Gasteiger charge is 2.33. The van der Waals surface area contributed by atoms with Crippen molar-refractivity contribution < 1.29 is 4.79 Å². The van der Waals surface area contributed by atoms with E-state index < -0.39 is 0 Å². The van der Waals surface area contributed by atoms with Gasteiger partial charge in [0.15, 0.2) is 0 Å². The Hall–Kier alpha value is -1.69. The molecular formula is C17H22N4OS. The van der Waals surface area contributed by atoms with Crippen molar-refractivity contribution in [2.24, 2.45) is 0 Å². The van der Waals surface area contributed by atoms with Gasteiger partial charge in [-0.1, -0.05) is 0 Å². The highest BCUT2D eigenvalue weighted by atomic mass is 32.1. The van der Waals surface area contributed by atoms with Crippen molar-refractivity contribution in [1.29, 1.82) is 0 Å². The number of thiazole rings is 1. The van der Waals surface area contributed by atoms with E-state index in [9.17, 15) is 4.79 Å². The van der Waals surface area contributed by atoms with Gasteiger partial charge in [0.2, 0.25) is 0 Å². The maximum absolute atomic E-state index is 13.0. The molecule has 1 aliphatic heterocycles. The Morgan fingerprint density at radius 3 is 2.96 bits per heavy atom. The summed E-state index contributed by atoms with van der Waals surface area (Å²) in [4.78, 5) is 24.8. The number of aromatic nitrogens is 3. The minimum Gasteiger partial charge on any atom is -0.333 e. The molecule has 2 aromatic rings. The molecule has 4 rings (SSSR count). The van der Waals surface area contributed by atoms with Crippen LogP contribution < -0.4 is 0 Å². The molecule has 1 saturated carbocycles. The topological polar surface area (TPSA) is 51.0 Å². The van der Waals surface area contributed by atoms with Crippen molar-refractivity contribution in [1.82, 2.24) is 19.4 Å².